The number of likely N-dealkylation sites (N-methyl/N-ethyl adjacent to an activating group) is 1. The van der Waals surface area contributed by atoms with Gasteiger partial charge in [0, 0.05) is 47.3 Å². The SMILES string of the molecule is CNCCN1CCC(c2ccc3[nH]c(-c4cncc5ccccc45)c(C)c3c2)CC1. The number of H-pyrrole nitrogens is 1. The number of nitrogens with one attached hydrogen (secondary N) is 2. The van der Waals surface area contributed by atoms with Crippen LogP contribution in [0.15, 0.2) is 54.9 Å². The van der Waals surface area contributed by atoms with Gasteiger partial charge < -0.3 is 15.2 Å². The molecule has 0 saturated carbocycles. The van der Waals surface area contributed by atoms with Crippen molar-refractivity contribution in [2.45, 2.75) is 25.7 Å². The minimum absolute atomic E-state index is 0.664. The lowest BCUT2D eigenvalue weighted by molar-refractivity contribution is 0.214. The van der Waals surface area contributed by atoms with Gasteiger partial charge in [-0.25, -0.2) is 0 Å². The number of rotatable bonds is 5. The fourth-order valence-corrected chi connectivity index (χ4v) is 4.94. The fourth-order valence-electron chi connectivity index (χ4n) is 4.94. The number of nitrogens with zero attached hydrogens (tertiary/aromatic N) is 2. The minimum atomic E-state index is 0.664. The Morgan fingerprint density at radius 2 is 1.90 bits per heavy atom. The second-order valence-corrected chi connectivity index (χ2v) is 8.56. The molecule has 1 fully saturated rings. The Morgan fingerprint density at radius 3 is 2.73 bits per heavy atom. The Morgan fingerprint density at radius 1 is 1.07 bits per heavy atom. The van der Waals surface area contributed by atoms with Crippen LogP contribution in [-0.2, 0) is 0 Å². The quantitative estimate of drug-likeness (QED) is 0.492. The largest absolute Gasteiger partial charge is 0.354 e. The third kappa shape index (κ3) is 3.51. The molecule has 1 aliphatic rings. The highest BCUT2D eigenvalue weighted by Gasteiger charge is 2.21. The molecule has 0 radical (unpaired) electrons. The van der Waals surface area contributed by atoms with Gasteiger partial charge >= 0.3 is 0 Å². The lowest BCUT2D eigenvalue weighted by atomic mass is 9.88. The van der Waals surface area contributed by atoms with Crippen LogP contribution in [0.4, 0.5) is 0 Å². The van der Waals surface area contributed by atoms with Crippen LogP contribution in [-0.4, -0.2) is 48.1 Å². The first-order chi connectivity index (χ1) is 14.7. The maximum Gasteiger partial charge on any atom is 0.0516 e. The summed E-state index contributed by atoms with van der Waals surface area (Å²) < 4.78 is 0. The van der Waals surface area contributed by atoms with Crippen LogP contribution in [0.3, 0.4) is 0 Å². The van der Waals surface area contributed by atoms with Gasteiger partial charge in [0.15, 0.2) is 0 Å². The average molecular weight is 399 g/mol. The van der Waals surface area contributed by atoms with E-state index in [-0.39, 0.29) is 0 Å². The maximum atomic E-state index is 4.49. The van der Waals surface area contributed by atoms with Crippen molar-refractivity contribution in [3.05, 3.63) is 66.0 Å². The molecule has 2 N–H and O–H groups in total. The number of aromatic amines is 1. The van der Waals surface area contributed by atoms with Crippen LogP contribution in [0.2, 0.25) is 0 Å². The minimum Gasteiger partial charge on any atom is -0.354 e. The third-order valence-electron chi connectivity index (χ3n) is 6.76. The monoisotopic (exact) mass is 398 g/mol. The number of benzene rings is 2. The first-order valence-corrected chi connectivity index (χ1v) is 11.1. The van der Waals surface area contributed by atoms with E-state index in [4.69, 9.17) is 0 Å². The Kier molecular flexibility index (Phi) is 5.28. The molecule has 4 aromatic rings. The van der Waals surface area contributed by atoms with Gasteiger partial charge in [-0.3, -0.25) is 4.98 Å². The van der Waals surface area contributed by atoms with E-state index in [1.54, 1.807) is 0 Å². The predicted molar refractivity (Wildman–Crippen MR) is 126 cm³/mol. The zero-order valence-corrected chi connectivity index (χ0v) is 17.9. The molecule has 5 rings (SSSR count). The van der Waals surface area contributed by atoms with Crippen molar-refractivity contribution >= 4 is 21.7 Å². The first-order valence-electron chi connectivity index (χ1n) is 11.1. The molecular formula is C26H30N4. The number of fused-ring (bicyclic) bond motifs is 2. The summed E-state index contributed by atoms with van der Waals surface area (Å²) in [5.41, 5.74) is 6.39. The number of hydrogen-bond acceptors (Lipinski definition) is 3. The van der Waals surface area contributed by atoms with Crippen molar-refractivity contribution in [3.63, 3.8) is 0 Å². The molecule has 0 spiro atoms. The van der Waals surface area contributed by atoms with E-state index in [2.05, 4.69) is 69.6 Å². The van der Waals surface area contributed by atoms with E-state index in [1.807, 2.05) is 19.4 Å². The van der Waals surface area contributed by atoms with Crippen molar-refractivity contribution in [1.29, 1.82) is 0 Å². The average Bonchev–Trinajstić information content (AvgIpc) is 3.13. The van der Waals surface area contributed by atoms with Gasteiger partial charge in [0.2, 0.25) is 0 Å². The molecule has 30 heavy (non-hydrogen) atoms. The number of aromatic nitrogens is 2. The highest BCUT2D eigenvalue weighted by atomic mass is 15.1. The maximum absolute atomic E-state index is 4.49. The number of likely N-dealkylation sites (tertiary alicyclic amines) is 1. The van der Waals surface area contributed by atoms with Crippen molar-refractivity contribution in [1.82, 2.24) is 20.2 Å². The van der Waals surface area contributed by atoms with E-state index >= 15 is 0 Å². The summed E-state index contributed by atoms with van der Waals surface area (Å²) in [6.07, 6.45) is 6.43. The molecule has 2 aromatic carbocycles. The summed E-state index contributed by atoms with van der Waals surface area (Å²) >= 11 is 0. The Balaban J connectivity index is 1.46. The summed E-state index contributed by atoms with van der Waals surface area (Å²) in [5.74, 6) is 0.664. The van der Waals surface area contributed by atoms with Gasteiger partial charge in [0.05, 0.1) is 5.69 Å². The number of hydrogen-bond donors (Lipinski definition) is 2. The van der Waals surface area contributed by atoms with Gasteiger partial charge in [0.25, 0.3) is 0 Å². The summed E-state index contributed by atoms with van der Waals surface area (Å²) in [6, 6.07) is 15.5. The molecule has 0 bridgehead atoms. The smallest absolute Gasteiger partial charge is 0.0516 e. The number of aryl methyl sites for hydroxylation is 1. The zero-order valence-electron chi connectivity index (χ0n) is 17.9. The van der Waals surface area contributed by atoms with Crippen LogP contribution in [0.5, 0.6) is 0 Å². The molecule has 154 valence electrons. The van der Waals surface area contributed by atoms with E-state index in [0.29, 0.717) is 5.92 Å². The van der Waals surface area contributed by atoms with Gasteiger partial charge in [-0.2, -0.15) is 0 Å². The standard InChI is InChI=1S/C26H30N4/c1-18-23-15-20(19-9-12-30(13-10-19)14-11-27-2)7-8-25(23)29-26(18)24-17-28-16-21-5-3-4-6-22(21)24/h3-8,15-17,19,27,29H,9-14H2,1-2H3. The third-order valence-corrected chi connectivity index (χ3v) is 6.76. The van der Waals surface area contributed by atoms with E-state index < -0.39 is 0 Å². The molecule has 4 nitrogen and oxygen atoms in total. The molecule has 1 saturated heterocycles. The molecule has 1 aliphatic heterocycles. The second kappa shape index (κ2) is 8.21. The summed E-state index contributed by atoms with van der Waals surface area (Å²) in [6.45, 7) is 6.86. The van der Waals surface area contributed by atoms with Crippen molar-refractivity contribution in [3.8, 4) is 11.3 Å². The van der Waals surface area contributed by atoms with E-state index in [0.717, 1.165) is 13.1 Å². The van der Waals surface area contributed by atoms with Crippen LogP contribution in [0, 0.1) is 6.92 Å². The Bertz CT molecular complexity index is 1160. The van der Waals surface area contributed by atoms with E-state index in [1.165, 1.54) is 70.0 Å². The van der Waals surface area contributed by atoms with Gasteiger partial charge in [0.1, 0.15) is 0 Å². The zero-order chi connectivity index (χ0) is 20.5. The Hall–Kier alpha value is -2.69. The highest BCUT2D eigenvalue weighted by molar-refractivity contribution is 6.00. The molecule has 4 heteroatoms. The van der Waals surface area contributed by atoms with Crippen LogP contribution < -0.4 is 5.32 Å². The lowest BCUT2D eigenvalue weighted by Crippen LogP contribution is -2.37. The number of pyridine rings is 1. The predicted octanol–water partition coefficient (Wildman–Crippen LogP) is 5.09. The number of piperidine rings is 1. The van der Waals surface area contributed by atoms with Gasteiger partial charge in [-0.05, 0) is 74.5 Å². The Labute approximate surface area is 178 Å². The fraction of sp³-hybridized carbons (Fsp3) is 0.346. The van der Waals surface area contributed by atoms with Crippen molar-refractivity contribution in [2.75, 3.05) is 33.2 Å². The highest BCUT2D eigenvalue weighted by Crippen LogP contribution is 2.36. The molecule has 2 aromatic heterocycles. The van der Waals surface area contributed by atoms with Crippen molar-refractivity contribution < 1.29 is 0 Å². The summed E-state index contributed by atoms with van der Waals surface area (Å²) in [4.78, 5) is 10.8. The van der Waals surface area contributed by atoms with Gasteiger partial charge in [-0.15, -0.1) is 0 Å². The molecule has 0 amide bonds. The van der Waals surface area contributed by atoms with Crippen molar-refractivity contribution in [2.24, 2.45) is 0 Å². The molecule has 0 unspecified atom stereocenters. The molecular weight excluding hydrogens is 368 g/mol. The summed E-state index contributed by atoms with van der Waals surface area (Å²) in [5, 5.41) is 7.03. The van der Waals surface area contributed by atoms with Crippen LogP contribution in [0.25, 0.3) is 32.9 Å². The van der Waals surface area contributed by atoms with Crippen LogP contribution >= 0.6 is 0 Å². The molecule has 0 aliphatic carbocycles. The van der Waals surface area contributed by atoms with E-state index in [9.17, 15) is 0 Å². The topological polar surface area (TPSA) is 44.0 Å². The summed E-state index contributed by atoms with van der Waals surface area (Å²) in [7, 11) is 2.03. The molecule has 3 heterocycles. The lowest BCUT2D eigenvalue weighted by Gasteiger charge is -2.32. The van der Waals surface area contributed by atoms with Crippen LogP contribution in [0.1, 0.15) is 29.9 Å². The molecule has 0 atom stereocenters. The first kappa shape index (κ1) is 19.3. The van der Waals surface area contributed by atoms with Gasteiger partial charge in [-0.1, -0.05) is 30.3 Å². The second-order valence-electron chi connectivity index (χ2n) is 8.56. The normalized spacial score (nSPS) is 15.9.